The molecular formula is C9H6Cl3NO2Si. The zero-order valence-electron chi connectivity index (χ0n) is 8.13. The highest BCUT2D eigenvalue weighted by Gasteiger charge is 2.36. The number of rotatable bonds is 1. The summed E-state index contributed by atoms with van der Waals surface area (Å²) in [6, 6.07) is 1.60. The van der Waals surface area contributed by atoms with Crippen LogP contribution in [0.25, 0.3) is 0 Å². The second-order valence-electron chi connectivity index (χ2n) is 3.43. The van der Waals surface area contributed by atoms with Crippen LogP contribution in [-0.4, -0.2) is 29.8 Å². The summed E-state index contributed by atoms with van der Waals surface area (Å²) in [5.74, 6) is -0.678. The lowest BCUT2D eigenvalue weighted by Crippen LogP contribution is -2.30. The van der Waals surface area contributed by atoms with Crippen molar-refractivity contribution in [2.24, 2.45) is 0 Å². The Morgan fingerprint density at radius 2 is 1.62 bits per heavy atom. The van der Waals surface area contributed by atoms with Crippen molar-refractivity contribution in [3.8, 4) is 0 Å². The Morgan fingerprint density at radius 1 is 1.06 bits per heavy atom. The molecule has 2 amide bonds. The van der Waals surface area contributed by atoms with Crippen molar-refractivity contribution in [3.63, 3.8) is 0 Å². The molecule has 84 valence electrons. The summed E-state index contributed by atoms with van der Waals surface area (Å²) in [5, 5.41) is 0.507. The van der Waals surface area contributed by atoms with Crippen molar-refractivity contribution in [2.75, 3.05) is 7.05 Å². The molecule has 0 saturated heterocycles. The Bertz CT molecular complexity index is 498. The molecule has 1 aromatic rings. The number of carbonyl (C=O) groups is 2. The van der Waals surface area contributed by atoms with E-state index in [-0.39, 0.29) is 11.8 Å². The molecule has 0 spiro atoms. The summed E-state index contributed by atoms with van der Waals surface area (Å²) < 4.78 is 0. The summed E-state index contributed by atoms with van der Waals surface area (Å²) >= 11 is 17.5. The third-order valence-electron chi connectivity index (χ3n) is 2.42. The highest BCUT2D eigenvalue weighted by molar-refractivity contribution is 7.69. The first-order chi connectivity index (χ1) is 7.32. The number of benzene rings is 1. The Morgan fingerprint density at radius 3 is 2.19 bits per heavy atom. The molecule has 3 nitrogen and oxygen atoms in total. The van der Waals surface area contributed by atoms with Gasteiger partial charge in [0.15, 0.2) is 0 Å². The monoisotopic (exact) mass is 293 g/mol. The molecule has 7 heteroatoms. The Hall–Kier alpha value is -0.553. The number of imide groups is 1. The maximum atomic E-state index is 11.7. The first-order valence-corrected chi connectivity index (χ1v) is 9.39. The number of hydrogen-bond acceptors (Lipinski definition) is 2. The summed E-state index contributed by atoms with van der Waals surface area (Å²) in [5.41, 5.74) is 0.670. The number of amides is 2. The van der Waals surface area contributed by atoms with Gasteiger partial charge in [0.1, 0.15) is 0 Å². The maximum absolute atomic E-state index is 11.7. The molecule has 1 aromatic carbocycles. The van der Waals surface area contributed by atoms with Crippen molar-refractivity contribution in [2.45, 2.75) is 0 Å². The second-order valence-corrected chi connectivity index (χ2v) is 11.8. The Labute approximate surface area is 107 Å². The van der Waals surface area contributed by atoms with Crippen molar-refractivity contribution in [3.05, 3.63) is 29.3 Å². The van der Waals surface area contributed by atoms with E-state index in [4.69, 9.17) is 33.2 Å². The lowest BCUT2D eigenvalue weighted by atomic mass is 10.1. The number of fused-ring (bicyclic) bond motifs is 1. The van der Waals surface area contributed by atoms with Crippen LogP contribution in [-0.2, 0) is 0 Å². The van der Waals surface area contributed by atoms with E-state index in [1.165, 1.54) is 19.2 Å². The SMILES string of the molecule is CN1C(=O)c2ccc([Si](Cl)(Cl)Cl)cc2C1=O. The van der Waals surface area contributed by atoms with E-state index >= 15 is 0 Å². The first-order valence-electron chi connectivity index (χ1n) is 4.36. The third kappa shape index (κ3) is 1.76. The van der Waals surface area contributed by atoms with Crippen molar-refractivity contribution in [1.29, 1.82) is 0 Å². The minimum atomic E-state index is -3.02. The minimum Gasteiger partial charge on any atom is -0.277 e. The van der Waals surface area contributed by atoms with Gasteiger partial charge in [0.25, 0.3) is 11.8 Å². The fourth-order valence-electron chi connectivity index (χ4n) is 1.54. The van der Waals surface area contributed by atoms with Crippen molar-refractivity contribution in [1.82, 2.24) is 4.90 Å². The average molecular weight is 295 g/mol. The Kier molecular flexibility index (Phi) is 2.78. The van der Waals surface area contributed by atoms with Gasteiger partial charge in [-0.15, -0.1) is 33.2 Å². The molecule has 0 radical (unpaired) electrons. The fraction of sp³-hybridized carbons (Fsp3) is 0.111. The molecule has 0 unspecified atom stereocenters. The highest BCUT2D eigenvalue weighted by Crippen LogP contribution is 2.25. The van der Waals surface area contributed by atoms with E-state index in [9.17, 15) is 9.59 Å². The fourth-order valence-corrected chi connectivity index (χ4v) is 3.18. The largest absolute Gasteiger partial charge is 0.372 e. The molecule has 0 bridgehead atoms. The van der Waals surface area contributed by atoms with Crippen LogP contribution in [0.15, 0.2) is 18.2 Å². The van der Waals surface area contributed by atoms with Gasteiger partial charge in [-0.25, -0.2) is 0 Å². The topological polar surface area (TPSA) is 37.4 Å². The van der Waals surface area contributed by atoms with Gasteiger partial charge < -0.3 is 0 Å². The molecule has 16 heavy (non-hydrogen) atoms. The molecule has 0 atom stereocenters. The Balaban J connectivity index is 2.58. The number of carbonyl (C=O) groups excluding carboxylic acids is 2. The van der Waals surface area contributed by atoms with E-state index in [1.54, 1.807) is 6.07 Å². The van der Waals surface area contributed by atoms with Crippen LogP contribution in [0.4, 0.5) is 0 Å². The standard InChI is InChI=1S/C9H6Cl3NO2Si/c1-13-8(14)6-3-2-5(16(10,11)12)4-7(6)9(13)15/h2-4H,1H3. The van der Waals surface area contributed by atoms with Crippen molar-refractivity contribution >= 4 is 56.2 Å². The van der Waals surface area contributed by atoms with Gasteiger partial charge in [-0.3, -0.25) is 14.5 Å². The highest BCUT2D eigenvalue weighted by atomic mass is 35.8. The first kappa shape index (κ1) is 11.9. The van der Waals surface area contributed by atoms with E-state index in [0.29, 0.717) is 16.3 Å². The molecule has 0 saturated carbocycles. The minimum absolute atomic E-state index is 0.309. The van der Waals surface area contributed by atoms with Gasteiger partial charge >= 0.3 is 6.00 Å². The third-order valence-corrected chi connectivity index (χ3v) is 5.35. The molecular weight excluding hydrogens is 289 g/mol. The van der Waals surface area contributed by atoms with Gasteiger partial charge in [0, 0.05) is 7.05 Å². The van der Waals surface area contributed by atoms with Gasteiger partial charge in [-0.05, 0) is 17.3 Å². The average Bonchev–Trinajstić information content (AvgIpc) is 2.43. The van der Waals surface area contributed by atoms with Gasteiger partial charge in [0.2, 0.25) is 0 Å². The normalized spacial score (nSPS) is 15.6. The van der Waals surface area contributed by atoms with Crippen molar-refractivity contribution < 1.29 is 9.59 Å². The number of hydrogen-bond donors (Lipinski definition) is 0. The lowest BCUT2D eigenvalue weighted by molar-refractivity contribution is 0.0693. The predicted octanol–water partition coefficient (Wildman–Crippen LogP) is 1.77. The van der Waals surface area contributed by atoms with Crippen LogP contribution in [0.2, 0.25) is 0 Å². The zero-order valence-corrected chi connectivity index (χ0v) is 11.4. The number of halogens is 3. The molecule has 1 aliphatic heterocycles. The zero-order chi connectivity index (χ0) is 12.1. The van der Waals surface area contributed by atoms with Crippen LogP contribution in [0.3, 0.4) is 0 Å². The van der Waals surface area contributed by atoms with E-state index in [0.717, 1.165) is 4.90 Å². The molecule has 1 aliphatic rings. The number of nitrogens with zero attached hydrogens (tertiary/aromatic N) is 1. The van der Waals surface area contributed by atoms with E-state index in [1.807, 2.05) is 0 Å². The summed E-state index contributed by atoms with van der Waals surface area (Å²) in [6.07, 6.45) is 0. The summed E-state index contributed by atoms with van der Waals surface area (Å²) in [6.45, 7) is 0. The van der Waals surface area contributed by atoms with Crippen LogP contribution in [0.1, 0.15) is 20.7 Å². The molecule has 0 fully saturated rings. The molecule has 0 N–H and O–H groups in total. The molecule has 1 heterocycles. The van der Waals surface area contributed by atoms with Gasteiger partial charge in [-0.2, -0.15) is 0 Å². The maximum Gasteiger partial charge on any atom is 0.372 e. The van der Waals surface area contributed by atoms with Crippen LogP contribution in [0, 0.1) is 0 Å². The second kappa shape index (κ2) is 3.73. The lowest BCUT2D eigenvalue weighted by Gasteiger charge is -2.08. The summed E-state index contributed by atoms with van der Waals surface area (Å²) in [4.78, 5) is 24.3. The van der Waals surface area contributed by atoms with Crippen LogP contribution < -0.4 is 5.19 Å². The van der Waals surface area contributed by atoms with E-state index in [2.05, 4.69) is 0 Å². The molecule has 0 aromatic heterocycles. The predicted molar refractivity (Wildman–Crippen MR) is 65.8 cm³/mol. The van der Waals surface area contributed by atoms with Crippen LogP contribution in [0.5, 0.6) is 0 Å². The van der Waals surface area contributed by atoms with Gasteiger partial charge in [-0.1, -0.05) is 6.07 Å². The van der Waals surface area contributed by atoms with Crippen LogP contribution >= 0.6 is 33.2 Å². The smallest absolute Gasteiger partial charge is 0.277 e. The van der Waals surface area contributed by atoms with E-state index < -0.39 is 6.00 Å². The molecule has 0 aliphatic carbocycles. The summed E-state index contributed by atoms with van der Waals surface area (Å²) in [7, 11) is 1.43. The molecule has 2 rings (SSSR count). The quantitative estimate of drug-likeness (QED) is 0.450. The van der Waals surface area contributed by atoms with Gasteiger partial charge in [0.05, 0.1) is 11.1 Å².